The van der Waals surface area contributed by atoms with Crippen LogP contribution in [0.15, 0.2) is 48.2 Å². The monoisotopic (exact) mass is 631 g/mol. The van der Waals surface area contributed by atoms with E-state index < -0.39 is 32.5 Å². The summed E-state index contributed by atoms with van der Waals surface area (Å²) in [5, 5.41) is 3.37. The summed E-state index contributed by atoms with van der Waals surface area (Å²) in [6.45, 7) is 13.2. The van der Waals surface area contributed by atoms with Crippen molar-refractivity contribution >= 4 is 32.0 Å². The number of benzene rings is 2. The van der Waals surface area contributed by atoms with E-state index in [4.69, 9.17) is 39.7 Å². The minimum absolute atomic E-state index is 0.0771. The molecule has 2 aromatic rings. The predicted octanol–water partition coefficient (Wildman–Crippen LogP) is 7.59. The number of allylic oxidation sites excluding steroid dienone is 1. The zero-order valence-corrected chi connectivity index (χ0v) is 27.8. The van der Waals surface area contributed by atoms with Crippen molar-refractivity contribution in [1.82, 2.24) is 5.32 Å². The molecule has 4 rings (SSSR count). The van der Waals surface area contributed by atoms with E-state index in [1.165, 1.54) is 7.11 Å². The molecule has 1 amide bonds. The Morgan fingerprint density at radius 3 is 2.30 bits per heavy atom. The Morgan fingerprint density at radius 2 is 1.70 bits per heavy atom. The van der Waals surface area contributed by atoms with Gasteiger partial charge in [0, 0.05) is 10.9 Å². The number of methoxy groups -OCH3 is 2. The molecule has 0 saturated carbocycles. The van der Waals surface area contributed by atoms with Crippen LogP contribution in [0.2, 0.25) is 21.6 Å². The van der Waals surface area contributed by atoms with E-state index in [1.54, 1.807) is 31.4 Å². The van der Waals surface area contributed by atoms with Gasteiger partial charge < -0.3 is 33.4 Å². The number of halogens is 1. The number of hydrogen-bond acceptors (Lipinski definition) is 8. The molecule has 234 valence electrons. The molecule has 0 spiro atoms. The molecule has 0 bridgehead atoms. The largest absolute Gasteiger partial charge is 0.543 e. The van der Waals surface area contributed by atoms with Crippen molar-refractivity contribution in [3.8, 4) is 17.2 Å². The second kappa shape index (κ2) is 13.5. The van der Waals surface area contributed by atoms with E-state index in [9.17, 15) is 9.59 Å². The van der Waals surface area contributed by atoms with Crippen molar-refractivity contribution in [2.45, 2.75) is 82.7 Å². The number of fused-ring (bicyclic) bond motifs is 1. The fourth-order valence-corrected chi connectivity index (χ4v) is 12.1. The van der Waals surface area contributed by atoms with E-state index in [0.29, 0.717) is 34.5 Å². The van der Waals surface area contributed by atoms with Gasteiger partial charge in [-0.15, -0.1) is 0 Å². The Morgan fingerprint density at radius 1 is 1.00 bits per heavy atom. The molecule has 43 heavy (non-hydrogen) atoms. The van der Waals surface area contributed by atoms with Gasteiger partial charge in [0.25, 0.3) is 8.32 Å². The first-order valence-corrected chi connectivity index (χ1v) is 17.1. The van der Waals surface area contributed by atoms with E-state index in [0.717, 1.165) is 5.56 Å². The van der Waals surface area contributed by atoms with Gasteiger partial charge >= 0.3 is 12.1 Å². The first-order chi connectivity index (χ1) is 20.4. The quantitative estimate of drug-likeness (QED) is 0.211. The van der Waals surface area contributed by atoms with Gasteiger partial charge in [0.15, 0.2) is 17.6 Å². The summed E-state index contributed by atoms with van der Waals surface area (Å²) >= 11 is 6.20. The molecule has 0 radical (unpaired) electrons. The lowest BCUT2D eigenvalue weighted by Crippen LogP contribution is -2.55. The third-order valence-corrected chi connectivity index (χ3v) is 14.7. The Balaban J connectivity index is 1.85. The van der Waals surface area contributed by atoms with Gasteiger partial charge in [-0.05, 0) is 65.0 Å². The number of hydrogen-bond donors (Lipinski definition) is 1. The highest BCUT2D eigenvalue weighted by Gasteiger charge is 2.50. The zero-order valence-electron chi connectivity index (χ0n) is 26.1. The van der Waals surface area contributed by atoms with Crippen molar-refractivity contribution in [3.05, 3.63) is 64.4 Å². The van der Waals surface area contributed by atoms with Crippen LogP contribution in [0, 0.1) is 0 Å². The second-order valence-corrected chi connectivity index (χ2v) is 17.6. The van der Waals surface area contributed by atoms with Crippen LogP contribution >= 0.6 is 11.6 Å². The molecule has 9 nitrogen and oxygen atoms in total. The minimum atomic E-state index is -2.49. The first kappa shape index (κ1) is 32.5. The number of amides is 1. The van der Waals surface area contributed by atoms with Gasteiger partial charge in [0.1, 0.15) is 5.76 Å². The highest BCUT2D eigenvalue weighted by Crippen LogP contribution is 2.48. The van der Waals surface area contributed by atoms with Crippen LogP contribution < -0.4 is 19.5 Å². The SMILES string of the molecule is COC(=O)N[C@@H]1[C@@H](c2cc(OC)c3c(c2)OCO3)CC=C(O[Si](C(C)C)(C(C)C)C(C)C)[C@@H]1OC(=O)c1cccc(Cl)c1. The lowest BCUT2D eigenvalue weighted by molar-refractivity contribution is 0.0135. The number of rotatable bonds is 10. The van der Waals surface area contributed by atoms with Crippen LogP contribution in [0.3, 0.4) is 0 Å². The summed E-state index contributed by atoms with van der Waals surface area (Å²) < 4.78 is 35.3. The summed E-state index contributed by atoms with van der Waals surface area (Å²) in [6, 6.07) is 9.54. The standard InChI is InChI=1S/C32H42ClNO8Si/c1-18(2)43(19(3)4,20(5)6)42-25-13-12-24(22-15-26(37-7)29-27(16-22)39-17-40-29)28(34-32(36)38-8)30(25)41-31(35)21-10-9-11-23(33)14-21/h9-11,13-16,18-20,24,28,30H,12,17H2,1-8H3,(H,34,36)/t24-,28-,30+/m1/s1. The number of ether oxygens (including phenoxy) is 5. The molecule has 11 heteroatoms. The molecule has 1 heterocycles. The zero-order chi connectivity index (χ0) is 31.5. The van der Waals surface area contributed by atoms with Gasteiger partial charge in [0.2, 0.25) is 12.5 Å². The van der Waals surface area contributed by atoms with E-state index in [1.807, 2.05) is 18.2 Å². The molecule has 1 N–H and O–H groups in total. The maximum absolute atomic E-state index is 13.6. The van der Waals surface area contributed by atoms with E-state index in [-0.39, 0.29) is 34.9 Å². The Bertz CT molecular complexity index is 1340. The van der Waals surface area contributed by atoms with Gasteiger partial charge in [-0.1, -0.05) is 59.2 Å². The number of carbonyl (C=O) groups excluding carboxylic acids is 2. The molecular weight excluding hydrogens is 590 g/mol. The second-order valence-electron chi connectivity index (χ2n) is 11.8. The van der Waals surface area contributed by atoms with Crippen LogP contribution in [-0.4, -0.2) is 53.5 Å². The summed E-state index contributed by atoms with van der Waals surface area (Å²) in [6.07, 6.45) is 0.843. The Hall–Kier alpha value is -3.37. The van der Waals surface area contributed by atoms with E-state index >= 15 is 0 Å². The topological polar surface area (TPSA) is 102 Å². The van der Waals surface area contributed by atoms with Gasteiger partial charge in [-0.25, -0.2) is 9.59 Å². The van der Waals surface area contributed by atoms with Crippen molar-refractivity contribution < 1.29 is 37.7 Å². The number of alkyl carbamates (subject to hydrolysis) is 1. The fourth-order valence-electron chi connectivity index (χ4n) is 6.56. The molecule has 0 saturated heterocycles. The molecule has 0 aromatic heterocycles. The lowest BCUT2D eigenvalue weighted by atomic mass is 9.80. The highest BCUT2D eigenvalue weighted by atomic mass is 35.5. The molecular formula is C32H42ClNO8Si. The van der Waals surface area contributed by atoms with Crippen LogP contribution in [0.1, 0.15) is 69.8 Å². The maximum Gasteiger partial charge on any atom is 0.407 e. The van der Waals surface area contributed by atoms with Crippen molar-refractivity contribution in [3.63, 3.8) is 0 Å². The van der Waals surface area contributed by atoms with Crippen LogP contribution in [0.4, 0.5) is 4.79 Å². The minimum Gasteiger partial charge on any atom is -0.543 e. The van der Waals surface area contributed by atoms with Crippen LogP contribution in [0.25, 0.3) is 0 Å². The normalized spacial score (nSPS) is 19.7. The average molecular weight is 632 g/mol. The van der Waals surface area contributed by atoms with Crippen LogP contribution in [0.5, 0.6) is 17.2 Å². The van der Waals surface area contributed by atoms with Gasteiger partial charge in [-0.3, -0.25) is 0 Å². The lowest BCUT2D eigenvalue weighted by Gasteiger charge is -2.46. The van der Waals surface area contributed by atoms with Crippen molar-refractivity contribution in [1.29, 1.82) is 0 Å². The number of esters is 1. The summed E-state index contributed by atoms with van der Waals surface area (Å²) in [5.41, 5.74) is 1.89. The van der Waals surface area contributed by atoms with Gasteiger partial charge in [0.05, 0.1) is 25.8 Å². The first-order valence-electron chi connectivity index (χ1n) is 14.6. The Kier molecular flexibility index (Phi) is 10.2. The third-order valence-electron chi connectivity index (χ3n) is 8.49. The summed E-state index contributed by atoms with van der Waals surface area (Å²) in [4.78, 5) is 26.4. The summed E-state index contributed by atoms with van der Waals surface area (Å²) in [5.74, 6) is 1.14. The Labute approximate surface area is 259 Å². The molecule has 2 aromatic carbocycles. The summed E-state index contributed by atoms with van der Waals surface area (Å²) in [7, 11) is 0.369. The number of nitrogens with one attached hydrogen (secondary N) is 1. The van der Waals surface area contributed by atoms with Crippen LogP contribution in [-0.2, 0) is 13.9 Å². The molecule has 2 aliphatic rings. The average Bonchev–Trinajstić information content (AvgIpc) is 3.44. The molecule has 0 unspecified atom stereocenters. The molecule has 1 aliphatic carbocycles. The smallest absolute Gasteiger partial charge is 0.407 e. The predicted molar refractivity (Wildman–Crippen MR) is 167 cm³/mol. The third kappa shape index (κ3) is 6.60. The van der Waals surface area contributed by atoms with Gasteiger partial charge in [-0.2, -0.15) is 0 Å². The van der Waals surface area contributed by atoms with Crippen molar-refractivity contribution in [2.75, 3.05) is 21.0 Å². The van der Waals surface area contributed by atoms with E-state index in [2.05, 4.69) is 46.9 Å². The van der Waals surface area contributed by atoms with Crippen molar-refractivity contribution in [2.24, 2.45) is 0 Å². The highest BCUT2D eigenvalue weighted by molar-refractivity contribution is 6.77. The number of carbonyl (C=O) groups is 2. The maximum atomic E-state index is 13.6. The molecule has 3 atom stereocenters. The molecule has 0 fully saturated rings. The molecule has 1 aliphatic heterocycles. The fraction of sp³-hybridized carbons (Fsp3) is 0.500.